The topological polar surface area (TPSA) is 125 Å². The number of nitriles is 2. The van der Waals surface area contributed by atoms with Gasteiger partial charge in [-0.05, 0) is 60.1 Å². The summed E-state index contributed by atoms with van der Waals surface area (Å²) >= 11 is 0. The molecule has 0 radical (unpaired) electrons. The van der Waals surface area contributed by atoms with E-state index in [2.05, 4.69) is 64.5 Å². The van der Waals surface area contributed by atoms with Gasteiger partial charge in [0.05, 0.1) is 34.1 Å². The number of fused-ring (bicyclic) bond motifs is 1. The molecular weight excluding hydrogens is 603 g/mol. The van der Waals surface area contributed by atoms with E-state index in [-0.39, 0.29) is 23.8 Å². The van der Waals surface area contributed by atoms with Crippen LogP contribution in [0.15, 0.2) is 73.0 Å². The van der Waals surface area contributed by atoms with Crippen LogP contribution in [0.25, 0.3) is 22.0 Å². The first-order valence-corrected chi connectivity index (χ1v) is 15.2. The third kappa shape index (κ3) is 6.00. The summed E-state index contributed by atoms with van der Waals surface area (Å²) in [6, 6.07) is 16.8. The molecule has 1 atom stereocenters. The second kappa shape index (κ2) is 11.8. The molecule has 0 spiro atoms. The number of nitrogens with one attached hydrogen (secondary N) is 4. The van der Waals surface area contributed by atoms with Gasteiger partial charge in [0.1, 0.15) is 12.1 Å². The number of pyridine rings is 2. The van der Waals surface area contributed by atoms with Crippen LogP contribution in [-0.2, 0) is 0 Å². The Morgan fingerprint density at radius 1 is 1.04 bits per heavy atom. The first-order valence-electron chi connectivity index (χ1n) is 15.2. The van der Waals surface area contributed by atoms with Crippen LogP contribution in [0.4, 0.5) is 24.5 Å². The summed E-state index contributed by atoms with van der Waals surface area (Å²) in [5.74, 6) is 0. The smallest absolute Gasteiger partial charge is 0.383 e. The minimum absolute atomic E-state index is 0.0165. The highest BCUT2D eigenvalue weighted by molar-refractivity contribution is 5.99. The molecule has 1 saturated carbocycles. The van der Waals surface area contributed by atoms with Crippen molar-refractivity contribution in [3.63, 3.8) is 0 Å². The monoisotopic (exact) mass is 637 g/mol. The summed E-state index contributed by atoms with van der Waals surface area (Å²) in [6.07, 6.45) is 1.92. The van der Waals surface area contributed by atoms with Crippen molar-refractivity contribution in [2.75, 3.05) is 17.2 Å². The van der Waals surface area contributed by atoms with Gasteiger partial charge in [0.15, 0.2) is 5.54 Å². The molecule has 47 heavy (non-hydrogen) atoms. The molecule has 0 bridgehead atoms. The third-order valence-corrected chi connectivity index (χ3v) is 8.59. The number of alkyl halides is 3. The lowest BCUT2D eigenvalue weighted by Gasteiger charge is -2.28. The molecule has 240 valence electrons. The first kappa shape index (κ1) is 31.6. The highest BCUT2D eigenvalue weighted by Crippen LogP contribution is 2.54. The van der Waals surface area contributed by atoms with E-state index in [4.69, 9.17) is 0 Å². The van der Waals surface area contributed by atoms with Crippen LogP contribution in [0, 0.1) is 35.0 Å². The Hall–Kier alpha value is -5.33. The van der Waals surface area contributed by atoms with Gasteiger partial charge < -0.3 is 16.1 Å². The van der Waals surface area contributed by atoms with Gasteiger partial charge in [-0.15, -0.1) is 5.53 Å². The molecule has 0 unspecified atom stereocenters. The van der Waals surface area contributed by atoms with Crippen LogP contribution in [-0.4, -0.2) is 33.2 Å². The molecular formula is C35H34F3N9. The quantitative estimate of drug-likeness (QED) is 0.158. The molecule has 2 aromatic carbocycles. The molecule has 9 nitrogen and oxygen atoms in total. The molecule has 1 fully saturated rings. The van der Waals surface area contributed by atoms with Crippen LogP contribution >= 0.6 is 0 Å². The van der Waals surface area contributed by atoms with Crippen molar-refractivity contribution >= 4 is 22.3 Å². The zero-order valence-electron chi connectivity index (χ0n) is 26.4. The molecule has 3 heterocycles. The fourth-order valence-electron chi connectivity index (χ4n) is 5.88. The molecule has 1 aliphatic heterocycles. The van der Waals surface area contributed by atoms with Crippen molar-refractivity contribution in [3.8, 4) is 23.3 Å². The maximum absolute atomic E-state index is 14.1. The Balaban J connectivity index is 1.49. The van der Waals surface area contributed by atoms with Crippen LogP contribution in [0.3, 0.4) is 0 Å². The summed E-state index contributed by atoms with van der Waals surface area (Å²) in [7, 11) is 0. The average molecular weight is 638 g/mol. The standard InChI is InChI=1S/C35H34F3N9/c1-21-26(22-7-6-12-41-17-22)8-5-9-27(21)32(29-19-47(46-45-29)34(10-11-34)35(36,37)38)44-25-13-23(15-39)30-28(14-25)31(24(16-40)18-42-30)43-20-33(2,3)4/h5-9,12-14,17-19,32,44-46H,10-11,20H2,1-4H3,(H,42,43)/t32-/m0/s1. The highest BCUT2D eigenvalue weighted by atomic mass is 19.4. The molecule has 12 heteroatoms. The van der Waals surface area contributed by atoms with E-state index in [0.29, 0.717) is 40.1 Å². The number of benzene rings is 2. The lowest BCUT2D eigenvalue weighted by molar-refractivity contribution is -0.195. The highest BCUT2D eigenvalue weighted by Gasteiger charge is 2.67. The van der Waals surface area contributed by atoms with Crippen molar-refractivity contribution in [2.24, 2.45) is 5.41 Å². The summed E-state index contributed by atoms with van der Waals surface area (Å²) < 4.78 is 42.3. The largest absolute Gasteiger partial charge is 0.413 e. The van der Waals surface area contributed by atoms with Crippen molar-refractivity contribution in [1.82, 2.24) is 25.9 Å². The maximum Gasteiger partial charge on any atom is 0.413 e. The van der Waals surface area contributed by atoms with Gasteiger partial charge in [0, 0.05) is 48.0 Å². The van der Waals surface area contributed by atoms with Gasteiger partial charge in [-0.1, -0.05) is 45.0 Å². The number of halogens is 3. The Bertz CT molecular complexity index is 1950. The van der Waals surface area contributed by atoms with E-state index in [1.54, 1.807) is 18.5 Å². The summed E-state index contributed by atoms with van der Waals surface area (Å²) in [4.78, 5) is 8.71. The van der Waals surface area contributed by atoms with E-state index in [1.165, 1.54) is 12.4 Å². The molecule has 0 amide bonds. The van der Waals surface area contributed by atoms with Crippen molar-refractivity contribution in [2.45, 2.75) is 58.3 Å². The average Bonchev–Trinajstić information content (AvgIpc) is 3.73. The normalized spacial score (nSPS) is 16.1. The van der Waals surface area contributed by atoms with E-state index in [0.717, 1.165) is 27.3 Å². The van der Waals surface area contributed by atoms with E-state index >= 15 is 0 Å². The van der Waals surface area contributed by atoms with Gasteiger partial charge in [-0.2, -0.15) is 23.7 Å². The second-order valence-corrected chi connectivity index (χ2v) is 13.2. The summed E-state index contributed by atoms with van der Waals surface area (Å²) in [6.45, 7) is 8.73. The zero-order chi connectivity index (χ0) is 33.6. The van der Waals surface area contributed by atoms with Crippen molar-refractivity contribution in [1.29, 1.82) is 10.5 Å². The lowest BCUT2D eigenvalue weighted by Crippen LogP contribution is -2.52. The Kier molecular flexibility index (Phi) is 7.94. The molecule has 4 N–H and O–H groups in total. The third-order valence-electron chi connectivity index (χ3n) is 8.59. The number of hydrogen-bond donors (Lipinski definition) is 4. The number of anilines is 2. The number of nitrogens with zero attached hydrogens (tertiary/aromatic N) is 5. The predicted molar refractivity (Wildman–Crippen MR) is 174 cm³/mol. The van der Waals surface area contributed by atoms with Crippen LogP contribution in [0.1, 0.15) is 61.9 Å². The Morgan fingerprint density at radius 2 is 1.81 bits per heavy atom. The second-order valence-electron chi connectivity index (χ2n) is 13.2. The molecule has 2 aromatic heterocycles. The minimum Gasteiger partial charge on any atom is -0.383 e. The fourth-order valence-corrected chi connectivity index (χ4v) is 5.88. The molecule has 1 aliphatic carbocycles. The molecule has 0 saturated heterocycles. The number of hydrogen-bond acceptors (Lipinski definition) is 9. The van der Waals surface area contributed by atoms with E-state index < -0.39 is 17.8 Å². The number of hydrazine groups is 2. The molecule has 6 rings (SSSR count). The SMILES string of the molecule is Cc1c(-c2cccnc2)cccc1[C@H](Nc1cc(C#N)c2ncc(C#N)c(NCC(C)(C)C)c2c1)C1=CN(C2(C(F)(F)F)CC2)NN1. The van der Waals surface area contributed by atoms with Crippen molar-refractivity contribution < 1.29 is 13.2 Å². The summed E-state index contributed by atoms with van der Waals surface area (Å²) in [5, 5.41) is 28.7. The maximum atomic E-state index is 14.1. The van der Waals surface area contributed by atoms with Crippen LogP contribution < -0.4 is 21.6 Å². The molecule has 2 aliphatic rings. The zero-order valence-corrected chi connectivity index (χ0v) is 26.4. The minimum atomic E-state index is -4.42. The van der Waals surface area contributed by atoms with Crippen LogP contribution in [0.2, 0.25) is 0 Å². The molecule has 4 aromatic rings. The van der Waals surface area contributed by atoms with E-state index in [1.807, 2.05) is 43.3 Å². The number of rotatable bonds is 8. The summed E-state index contributed by atoms with van der Waals surface area (Å²) in [5.41, 5.74) is 9.77. The van der Waals surface area contributed by atoms with E-state index in [9.17, 15) is 23.7 Å². The van der Waals surface area contributed by atoms with Crippen LogP contribution in [0.5, 0.6) is 0 Å². The Labute approximate surface area is 271 Å². The van der Waals surface area contributed by atoms with Gasteiger partial charge in [0.25, 0.3) is 0 Å². The van der Waals surface area contributed by atoms with Gasteiger partial charge >= 0.3 is 6.18 Å². The fraction of sp³-hybridized carbons (Fsp3) is 0.314. The van der Waals surface area contributed by atoms with Gasteiger partial charge in [-0.3, -0.25) is 15.0 Å². The lowest BCUT2D eigenvalue weighted by atomic mass is 9.92. The number of aromatic nitrogens is 2. The Morgan fingerprint density at radius 3 is 2.45 bits per heavy atom. The van der Waals surface area contributed by atoms with Gasteiger partial charge in [0.2, 0.25) is 0 Å². The predicted octanol–water partition coefficient (Wildman–Crippen LogP) is 7.22. The van der Waals surface area contributed by atoms with Crippen molar-refractivity contribution in [3.05, 3.63) is 95.2 Å². The van der Waals surface area contributed by atoms with Gasteiger partial charge in [-0.25, -0.2) is 0 Å². The first-order chi connectivity index (χ1) is 22.3.